The smallest absolute Gasteiger partial charge is 0.155 e. The lowest BCUT2D eigenvalue weighted by Gasteiger charge is -2.12. The lowest BCUT2D eigenvalue weighted by Crippen LogP contribution is -2.03. The molecule has 0 atom stereocenters. The predicted octanol–water partition coefficient (Wildman–Crippen LogP) is 5.11. The van der Waals surface area contributed by atoms with E-state index < -0.39 is 0 Å². The topological polar surface area (TPSA) is 25.2 Å². The molecule has 108 valence electrons. The number of hydrogen-bond donors (Lipinski definition) is 0. The van der Waals surface area contributed by atoms with Gasteiger partial charge in [0.2, 0.25) is 0 Å². The number of aromatic nitrogens is 1. The van der Waals surface area contributed by atoms with E-state index in [1.54, 1.807) is 6.20 Å². The van der Waals surface area contributed by atoms with Crippen LogP contribution in [0.3, 0.4) is 0 Å². The quantitative estimate of drug-likeness (QED) is 0.716. The van der Waals surface area contributed by atoms with E-state index in [2.05, 4.69) is 50.0 Å². The third kappa shape index (κ3) is 4.67. The van der Waals surface area contributed by atoms with Crippen LogP contribution >= 0.6 is 0 Å². The minimum atomic E-state index is 0.120. The summed E-state index contributed by atoms with van der Waals surface area (Å²) in [4.78, 5) is 9.12. The molecule has 0 aliphatic rings. The molecule has 2 rings (SSSR count). The zero-order valence-electron chi connectivity index (χ0n) is 13.2. The minimum absolute atomic E-state index is 0.120. The number of rotatable bonds is 3. The average Bonchev–Trinajstić information content (AvgIpc) is 2.45. The van der Waals surface area contributed by atoms with Crippen molar-refractivity contribution in [3.8, 4) is 0 Å². The second-order valence-electron chi connectivity index (χ2n) is 6.21. The third-order valence-corrected chi connectivity index (χ3v) is 3.02. The summed E-state index contributed by atoms with van der Waals surface area (Å²) >= 11 is 0. The van der Waals surface area contributed by atoms with Gasteiger partial charge in [-0.15, -0.1) is 0 Å². The van der Waals surface area contributed by atoms with Gasteiger partial charge in [0.25, 0.3) is 0 Å². The van der Waals surface area contributed by atoms with E-state index in [0.717, 1.165) is 22.7 Å². The molecule has 0 N–H and O–H groups in total. The predicted molar refractivity (Wildman–Crippen MR) is 90.2 cm³/mol. The second kappa shape index (κ2) is 6.49. The Balaban J connectivity index is 2.46. The summed E-state index contributed by atoms with van der Waals surface area (Å²) in [6, 6.07) is 14.2. The van der Waals surface area contributed by atoms with E-state index in [0.29, 0.717) is 0 Å². The third-order valence-electron chi connectivity index (χ3n) is 3.02. The van der Waals surface area contributed by atoms with Gasteiger partial charge in [0.1, 0.15) is 0 Å². The van der Waals surface area contributed by atoms with E-state index in [4.69, 9.17) is 4.99 Å². The lowest BCUT2D eigenvalue weighted by atomic mass is 9.95. The second-order valence-corrected chi connectivity index (χ2v) is 6.21. The van der Waals surface area contributed by atoms with E-state index in [1.807, 2.05) is 37.3 Å². The molecule has 0 aliphatic heterocycles. The molecule has 0 spiro atoms. The highest BCUT2D eigenvalue weighted by atomic mass is 14.9. The van der Waals surface area contributed by atoms with Crippen molar-refractivity contribution >= 4 is 11.5 Å². The fraction of sp³-hybridized carbons (Fsp3) is 0.263. The Morgan fingerprint density at radius 3 is 2.38 bits per heavy atom. The minimum Gasteiger partial charge on any atom is -0.237 e. The van der Waals surface area contributed by atoms with Gasteiger partial charge in [-0.1, -0.05) is 63.2 Å². The number of benzene rings is 1. The maximum absolute atomic E-state index is 4.75. The van der Waals surface area contributed by atoms with Gasteiger partial charge >= 0.3 is 0 Å². The number of nitrogens with zero attached hydrogens (tertiary/aromatic N) is 2. The van der Waals surface area contributed by atoms with Gasteiger partial charge < -0.3 is 0 Å². The highest BCUT2D eigenvalue weighted by Crippen LogP contribution is 2.19. The zero-order valence-corrected chi connectivity index (χ0v) is 13.2. The Morgan fingerprint density at radius 2 is 1.76 bits per heavy atom. The first-order valence-corrected chi connectivity index (χ1v) is 7.21. The first-order chi connectivity index (χ1) is 9.96. The van der Waals surface area contributed by atoms with Crippen LogP contribution in [0, 0.1) is 12.3 Å². The molecule has 1 aromatic heterocycles. The summed E-state index contributed by atoms with van der Waals surface area (Å²) in [5, 5.41) is 0. The normalized spacial score (nSPS) is 12.9. The monoisotopic (exact) mass is 278 g/mol. The standard InChI is InChI=1S/C19H22N2/c1-15-9-8-14-20-18(15)21-17(12-13-19(2,3)4)16-10-6-5-7-11-16/h5-14H,1-4H3/b13-12-,21-17-. The van der Waals surface area contributed by atoms with Gasteiger partial charge in [-0.2, -0.15) is 0 Å². The molecule has 0 fully saturated rings. The van der Waals surface area contributed by atoms with Gasteiger partial charge in [0, 0.05) is 11.8 Å². The van der Waals surface area contributed by atoms with Crippen molar-refractivity contribution in [3.63, 3.8) is 0 Å². The van der Waals surface area contributed by atoms with Crippen LogP contribution < -0.4 is 0 Å². The molecule has 2 nitrogen and oxygen atoms in total. The summed E-state index contributed by atoms with van der Waals surface area (Å²) in [5.74, 6) is 0.773. The van der Waals surface area contributed by atoms with Crippen LogP contribution in [0.1, 0.15) is 31.9 Å². The Morgan fingerprint density at radius 1 is 1.05 bits per heavy atom. The van der Waals surface area contributed by atoms with Crippen LogP contribution in [0.2, 0.25) is 0 Å². The van der Waals surface area contributed by atoms with E-state index in [-0.39, 0.29) is 5.41 Å². The van der Waals surface area contributed by atoms with Crippen LogP contribution in [0.15, 0.2) is 65.8 Å². The summed E-state index contributed by atoms with van der Waals surface area (Å²) < 4.78 is 0. The van der Waals surface area contributed by atoms with Crippen LogP contribution in [0.4, 0.5) is 5.82 Å². The van der Waals surface area contributed by atoms with Crippen molar-refractivity contribution in [2.24, 2.45) is 10.4 Å². The Hall–Kier alpha value is -2.22. The molecule has 1 aromatic carbocycles. The molecule has 0 saturated carbocycles. The summed E-state index contributed by atoms with van der Waals surface area (Å²) in [6.07, 6.45) is 6.04. The molecule has 0 radical (unpaired) electrons. The molecule has 0 aliphatic carbocycles. The van der Waals surface area contributed by atoms with Gasteiger partial charge in [0.15, 0.2) is 5.82 Å². The molecule has 0 amide bonds. The first-order valence-electron chi connectivity index (χ1n) is 7.21. The number of aryl methyl sites for hydroxylation is 1. The molecular formula is C19H22N2. The average molecular weight is 278 g/mol. The van der Waals surface area contributed by atoms with Crippen molar-refractivity contribution in [1.82, 2.24) is 4.98 Å². The van der Waals surface area contributed by atoms with Crippen LogP contribution in [0.5, 0.6) is 0 Å². The summed E-state index contributed by atoms with van der Waals surface area (Å²) in [7, 11) is 0. The summed E-state index contributed by atoms with van der Waals surface area (Å²) in [6.45, 7) is 8.57. The molecule has 21 heavy (non-hydrogen) atoms. The van der Waals surface area contributed by atoms with Crippen LogP contribution in [-0.4, -0.2) is 10.7 Å². The van der Waals surface area contributed by atoms with Gasteiger partial charge in [0.05, 0.1) is 5.71 Å². The summed E-state index contributed by atoms with van der Waals surface area (Å²) in [5.41, 5.74) is 3.24. The molecule has 0 unspecified atom stereocenters. The maximum atomic E-state index is 4.75. The molecule has 2 heteroatoms. The van der Waals surface area contributed by atoms with E-state index >= 15 is 0 Å². The fourth-order valence-corrected chi connectivity index (χ4v) is 1.84. The fourth-order valence-electron chi connectivity index (χ4n) is 1.84. The number of hydrogen-bond acceptors (Lipinski definition) is 2. The van der Waals surface area contributed by atoms with Crippen molar-refractivity contribution < 1.29 is 0 Å². The van der Waals surface area contributed by atoms with Gasteiger partial charge in [-0.05, 0) is 30.0 Å². The highest BCUT2D eigenvalue weighted by molar-refractivity contribution is 6.09. The SMILES string of the molecule is Cc1cccnc1/N=C(/C=C\C(C)(C)C)c1ccccc1. The van der Waals surface area contributed by atoms with Gasteiger partial charge in [-0.3, -0.25) is 0 Å². The Kier molecular flexibility index (Phi) is 4.69. The lowest BCUT2D eigenvalue weighted by molar-refractivity contribution is 0.545. The van der Waals surface area contributed by atoms with Crippen molar-refractivity contribution in [2.45, 2.75) is 27.7 Å². The zero-order chi connectivity index (χ0) is 15.3. The van der Waals surface area contributed by atoms with Crippen molar-refractivity contribution in [1.29, 1.82) is 0 Å². The number of pyridine rings is 1. The molecular weight excluding hydrogens is 256 g/mol. The van der Waals surface area contributed by atoms with E-state index in [1.165, 1.54) is 0 Å². The first kappa shape index (κ1) is 15.2. The maximum Gasteiger partial charge on any atom is 0.155 e. The number of aliphatic imine (C=N–C) groups is 1. The molecule has 1 heterocycles. The molecule has 0 bridgehead atoms. The van der Waals surface area contributed by atoms with Crippen molar-refractivity contribution in [3.05, 3.63) is 71.9 Å². The highest BCUT2D eigenvalue weighted by Gasteiger charge is 2.07. The van der Waals surface area contributed by atoms with Crippen molar-refractivity contribution in [2.75, 3.05) is 0 Å². The molecule has 2 aromatic rings. The number of allylic oxidation sites excluding steroid dienone is 2. The Labute approximate surface area is 127 Å². The Bertz CT molecular complexity index is 647. The largest absolute Gasteiger partial charge is 0.237 e. The van der Waals surface area contributed by atoms with E-state index in [9.17, 15) is 0 Å². The van der Waals surface area contributed by atoms with Crippen LogP contribution in [-0.2, 0) is 0 Å². The van der Waals surface area contributed by atoms with Gasteiger partial charge in [-0.25, -0.2) is 9.98 Å². The van der Waals surface area contributed by atoms with Crippen LogP contribution in [0.25, 0.3) is 0 Å². The molecule has 0 saturated heterocycles.